The van der Waals surface area contributed by atoms with E-state index >= 15 is 0 Å². The van der Waals surface area contributed by atoms with Gasteiger partial charge >= 0.3 is 0 Å². The summed E-state index contributed by atoms with van der Waals surface area (Å²) in [7, 11) is 0. The molecule has 3 atom stereocenters. The zero-order valence-electron chi connectivity index (χ0n) is 14.7. The summed E-state index contributed by atoms with van der Waals surface area (Å²) in [6.45, 7) is 9.51. The summed E-state index contributed by atoms with van der Waals surface area (Å²) in [5, 5.41) is 6.46. The highest BCUT2D eigenvalue weighted by Gasteiger charge is 2.34. The van der Waals surface area contributed by atoms with Crippen molar-refractivity contribution >= 4 is 5.91 Å². The van der Waals surface area contributed by atoms with Gasteiger partial charge in [-0.05, 0) is 17.4 Å². The van der Waals surface area contributed by atoms with E-state index < -0.39 is 0 Å². The fourth-order valence-corrected chi connectivity index (χ4v) is 3.92. The number of morpholine rings is 1. The molecule has 2 heterocycles. The van der Waals surface area contributed by atoms with Crippen LogP contribution in [0.3, 0.4) is 0 Å². The lowest BCUT2D eigenvalue weighted by atomic mass is 9.85. The predicted octanol–water partition coefficient (Wildman–Crippen LogP) is 1.25. The topological polar surface area (TPSA) is 53.6 Å². The second kappa shape index (κ2) is 8.10. The Bertz CT molecular complexity index is 519. The molecule has 5 heteroatoms. The first-order chi connectivity index (χ1) is 11.6. The minimum absolute atomic E-state index is 0.0300. The van der Waals surface area contributed by atoms with E-state index in [0.717, 1.165) is 26.2 Å². The number of piperidine rings is 1. The number of likely N-dealkylation sites (tertiary alicyclic amines) is 1. The number of rotatable bonds is 4. The van der Waals surface area contributed by atoms with Crippen molar-refractivity contribution in [3.05, 3.63) is 35.9 Å². The van der Waals surface area contributed by atoms with Crippen LogP contribution < -0.4 is 10.6 Å². The highest BCUT2D eigenvalue weighted by Crippen LogP contribution is 2.24. The molecular weight excluding hydrogens is 302 g/mol. The fourth-order valence-electron chi connectivity index (χ4n) is 3.92. The zero-order chi connectivity index (χ0) is 16.9. The maximum Gasteiger partial charge on any atom is 0.250 e. The lowest BCUT2D eigenvalue weighted by Gasteiger charge is -2.42. The van der Waals surface area contributed by atoms with Crippen molar-refractivity contribution < 1.29 is 9.53 Å². The number of benzene rings is 1. The van der Waals surface area contributed by atoms with E-state index in [2.05, 4.69) is 59.7 Å². The summed E-state index contributed by atoms with van der Waals surface area (Å²) >= 11 is 0. The van der Waals surface area contributed by atoms with Crippen LogP contribution in [0.15, 0.2) is 30.3 Å². The van der Waals surface area contributed by atoms with Crippen LogP contribution in [0, 0.1) is 11.8 Å². The molecular formula is C19H29N3O2. The minimum Gasteiger partial charge on any atom is -0.366 e. The molecule has 132 valence electrons. The zero-order valence-corrected chi connectivity index (χ0v) is 14.7. The summed E-state index contributed by atoms with van der Waals surface area (Å²) in [6, 6.07) is 10.8. The fraction of sp³-hybridized carbons (Fsp3) is 0.632. The number of amides is 1. The van der Waals surface area contributed by atoms with Gasteiger partial charge in [-0.3, -0.25) is 9.69 Å². The first-order valence-electron chi connectivity index (χ1n) is 9.02. The Kier molecular flexibility index (Phi) is 5.87. The van der Waals surface area contributed by atoms with Crippen LogP contribution in [0.4, 0.5) is 0 Å². The van der Waals surface area contributed by atoms with Crippen molar-refractivity contribution in [3.8, 4) is 0 Å². The molecule has 1 aromatic rings. The molecule has 0 bridgehead atoms. The number of carbonyl (C=O) groups is 1. The lowest BCUT2D eigenvalue weighted by molar-refractivity contribution is -0.136. The summed E-state index contributed by atoms with van der Waals surface area (Å²) < 4.78 is 5.57. The van der Waals surface area contributed by atoms with Crippen LogP contribution in [0.25, 0.3) is 0 Å². The van der Waals surface area contributed by atoms with Crippen LogP contribution in [0.1, 0.15) is 19.4 Å². The van der Waals surface area contributed by atoms with Crippen LogP contribution in [-0.4, -0.2) is 55.7 Å². The molecule has 2 aliphatic rings. The Morgan fingerprint density at radius 3 is 2.58 bits per heavy atom. The molecule has 24 heavy (non-hydrogen) atoms. The van der Waals surface area contributed by atoms with Gasteiger partial charge in [0.15, 0.2) is 0 Å². The number of nitrogens with zero attached hydrogens (tertiary/aromatic N) is 1. The van der Waals surface area contributed by atoms with Crippen molar-refractivity contribution in [2.24, 2.45) is 11.8 Å². The highest BCUT2D eigenvalue weighted by atomic mass is 16.5. The quantitative estimate of drug-likeness (QED) is 0.872. The van der Waals surface area contributed by atoms with Gasteiger partial charge in [-0.1, -0.05) is 44.2 Å². The molecule has 0 saturated carbocycles. The molecule has 0 aromatic heterocycles. The predicted molar refractivity (Wildman–Crippen MR) is 94.6 cm³/mol. The van der Waals surface area contributed by atoms with Crippen molar-refractivity contribution in [2.75, 3.05) is 32.8 Å². The van der Waals surface area contributed by atoms with Crippen LogP contribution in [-0.2, 0) is 16.1 Å². The van der Waals surface area contributed by atoms with Gasteiger partial charge in [0.1, 0.15) is 6.10 Å². The number of ether oxygens (including phenoxy) is 1. The summed E-state index contributed by atoms with van der Waals surface area (Å²) in [6.07, 6.45) is -0.347. The Morgan fingerprint density at radius 2 is 1.96 bits per heavy atom. The smallest absolute Gasteiger partial charge is 0.250 e. The van der Waals surface area contributed by atoms with Crippen molar-refractivity contribution in [1.82, 2.24) is 15.5 Å². The molecule has 0 aliphatic carbocycles. The van der Waals surface area contributed by atoms with Gasteiger partial charge in [0.05, 0.1) is 6.61 Å². The van der Waals surface area contributed by atoms with E-state index in [1.807, 2.05) is 0 Å². The summed E-state index contributed by atoms with van der Waals surface area (Å²) in [5.41, 5.74) is 1.35. The molecule has 1 amide bonds. The lowest BCUT2D eigenvalue weighted by Crippen LogP contribution is -2.58. The summed E-state index contributed by atoms with van der Waals surface area (Å²) in [5.74, 6) is 0.887. The van der Waals surface area contributed by atoms with Gasteiger partial charge in [0.25, 0.3) is 5.91 Å². The average Bonchev–Trinajstić information content (AvgIpc) is 2.59. The van der Waals surface area contributed by atoms with E-state index in [4.69, 9.17) is 4.74 Å². The number of hydrogen-bond donors (Lipinski definition) is 2. The second-order valence-corrected chi connectivity index (χ2v) is 7.23. The Balaban J connectivity index is 1.54. The maximum atomic E-state index is 12.4. The first kappa shape index (κ1) is 17.4. The molecule has 0 spiro atoms. The van der Waals surface area contributed by atoms with Gasteiger partial charge in [-0.2, -0.15) is 0 Å². The molecule has 2 fully saturated rings. The van der Waals surface area contributed by atoms with E-state index in [1.54, 1.807) is 0 Å². The third kappa shape index (κ3) is 4.35. The van der Waals surface area contributed by atoms with Crippen molar-refractivity contribution in [1.29, 1.82) is 0 Å². The average molecular weight is 331 g/mol. The van der Waals surface area contributed by atoms with Gasteiger partial charge in [-0.15, -0.1) is 0 Å². The second-order valence-electron chi connectivity index (χ2n) is 7.23. The van der Waals surface area contributed by atoms with Gasteiger partial charge < -0.3 is 15.4 Å². The van der Waals surface area contributed by atoms with Gasteiger partial charge in [0.2, 0.25) is 0 Å². The molecule has 2 saturated heterocycles. The number of nitrogens with one attached hydrogen (secondary N) is 2. The first-order valence-corrected chi connectivity index (χ1v) is 9.02. The van der Waals surface area contributed by atoms with Gasteiger partial charge in [-0.25, -0.2) is 0 Å². The Hall–Kier alpha value is -1.43. The SMILES string of the molecule is CC1CN(Cc2ccccc2)CC(C)C1NC(=O)C1CNCCO1. The van der Waals surface area contributed by atoms with E-state index in [9.17, 15) is 4.79 Å². The largest absolute Gasteiger partial charge is 0.366 e. The monoisotopic (exact) mass is 331 g/mol. The molecule has 2 aliphatic heterocycles. The molecule has 3 rings (SSSR count). The molecule has 0 radical (unpaired) electrons. The minimum atomic E-state index is -0.347. The van der Waals surface area contributed by atoms with Crippen LogP contribution in [0.2, 0.25) is 0 Å². The number of hydrogen-bond acceptors (Lipinski definition) is 4. The normalized spacial score (nSPS) is 31.6. The van der Waals surface area contributed by atoms with Crippen molar-refractivity contribution in [3.63, 3.8) is 0 Å². The Morgan fingerprint density at radius 1 is 1.25 bits per heavy atom. The molecule has 3 unspecified atom stereocenters. The molecule has 1 aromatic carbocycles. The van der Waals surface area contributed by atoms with E-state index in [1.165, 1.54) is 5.56 Å². The third-order valence-electron chi connectivity index (χ3n) is 5.10. The van der Waals surface area contributed by atoms with Gasteiger partial charge in [0, 0.05) is 38.8 Å². The maximum absolute atomic E-state index is 12.4. The third-order valence-corrected chi connectivity index (χ3v) is 5.10. The van der Waals surface area contributed by atoms with Crippen molar-refractivity contribution in [2.45, 2.75) is 32.5 Å². The van der Waals surface area contributed by atoms with Crippen LogP contribution >= 0.6 is 0 Å². The highest BCUT2D eigenvalue weighted by molar-refractivity contribution is 5.81. The molecule has 5 nitrogen and oxygen atoms in total. The van der Waals surface area contributed by atoms with E-state index in [0.29, 0.717) is 25.0 Å². The molecule has 2 N–H and O–H groups in total. The standard InChI is InChI=1S/C19H29N3O2/c1-14-11-22(13-16-6-4-3-5-7-16)12-15(2)18(14)21-19(23)17-10-20-8-9-24-17/h3-7,14-15,17-18,20H,8-13H2,1-2H3,(H,21,23). The van der Waals surface area contributed by atoms with Crippen LogP contribution in [0.5, 0.6) is 0 Å². The number of carbonyl (C=O) groups excluding carboxylic acids is 1. The van der Waals surface area contributed by atoms with E-state index in [-0.39, 0.29) is 18.1 Å². The summed E-state index contributed by atoms with van der Waals surface area (Å²) in [4.78, 5) is 14.9. The Labute approximate surface area is 144 Å².